The molecule has 0 saturated heterocycles. The molecule has 0 fully saturated rings. The van der Waals surface area contributed by atoms with Gasteiger partial charge in [-0.05, 0) is 36.3 Å². The van der Waals surface area contributed by atoms with Crippen molar-refractivity contribution in [2.24, 2.45) is 0 Å². The van der Waals surface area contributed by atoms with E-state index >= 15 is 0 Å². The summed E-state index contributed by atoms with van der Waals surface area (Å²) in [4.78, 5) is 10.8. The van der Waals surface area contributed by atoms with Crippen LogP contribution < -0.4 is 0 Å². The Morgan fingerprint density at radius 1 is 1.05 bits per heavy atom. The minimum absolute atomic E-state index is 0.210. The lowest BCUT2D eigenvalue weighted by Crippen LogP contribution is -1.95. The van der Waals surface area contributed by atoms with Crippen LogP contribution in [0.3, 0.4) is 0 Å². The number of carboxylic acid groups (broad SMARTS) is 1. The van der Waals surface area contributed by atoms with Gasteiger partial charge >= 0.3 is 5.97 Å². The number of hydrogen-bond donors (Lipinski definition) is 1. The monoisotopic (exact) mass is 263 g/mol. The molecule has 2 rings (SSSR count). The van der Waals surface area contributed by atoms with E-state index in [0.29, 0.717) is 11.1 Å². The minimum Gasteiger partial charge on any atom is -0.478 e. The Morgan fingerprint density at radius 3 is 2.10 bits per heavy atom. The summed E-state index contributed by atoms with van der Waals surface area (Å²) in [6.45, 7) is 2.00. The van der Waals surface area contributed by atoms with Crippen LogP contribution in [0.5, 0.6) is 0 Å². The lowest BCUT2D eigenvalue weighted by Gasteiger charge is -2.01. The average Bonchev–Trinajstić information content (AvgIpc) is 2.47. The van der Waals surface area contributed by atoms with Gasteiger partial charge in [-0.3, -0.25) is 0 Å². The first kappa shape index (κ1) is 13.6. The van der Waals surface area contributed by atoms with Crippen molar-refractivity contribution in [3.8, 4) is 6.07 Å². The van der Waals surface area contributed by atoms with Crippen LogP contribution in [-0.2, 0) is 0 Å². The summed E-state index contributed by atoms with van der Waals surface area (Å²) in [5.74, 6) is -0.974. The van der Waals surface area contributed by atoms with Crippen LogP contribution >= 0.6 is 0 Å². The maximum Gasteiger partial charge on any atom is 0.335 e. The third kappa shape index (κ3) is 3.12. The van der Waals surface area contributed by atoms with E-state index in [-0.39, 0.29) is 5.56 Å². The lowest BCUT2D eigenvalue weighted by molar-refractivity contribution is 0.0697. The number of carboxylic acids is 1. The summed E-state index contributed by atoms with van der Waals surface area (Å²) < 4.78 is 0. The second-order valence-corrected chi connectivity index (χ2v) is 4.46. The molecular weight excluding hydrogens is 250 g/mol. The van der Waals surface area contributed by atoms with Crippen LogP contribution in [0.2, 0.25) is 0 Å². The second kappa shape index (κ2) is 5.85. The van der Waals surface area contributed by atoms with Crippen molar-refractivity contribution in [1.29, 1.82) is 5.26 Å². The number of allylic oxidation sites excluding steroid dienone is 1. The Labute approximate surface area is 117 Å². The first-order chi connectivity index (χ1) is 9.60. The number of carbonyl (C=O) groups is 1. The molecule has 1 N–H and O–H groups in total. The van der Waals surface area contributed by atoms with Gasteiger partial charge in [0.05, 0.1) is 17.2 Å². The number of aromatic carboxylic acids is 1. The van der Waals surface area contributed by atoms with Gasteiger partial charge in [-0.1, -0.05) is 42.0 Å². The van der Waals surface area contributed by atoms with Gasteiger partial charge in [0.1, 0.15) is 0 Å². The molecule has 3 nitrogen and oxygen atoms in total. The fraction of sp³-hybridized carbons (Fsp3) is 0.0588. The van der Waals surface area contributed by atoms with Gasteiger partial charge in [0.2, 0.25) is 0 Å². The third-order valence-corrected chi connectivity index (χ3v) is 2.95. The van der Waals surface area contributed by atoms with Crippen molar-refractivity contribution in [3.63, 3.8) is 0 Å². The molecule has 0 bridgehead atoms. The van der Waals surface area contributed by atoms with Crippen molar-refractivity contribution in [2.45, 2.75) is 6.92 Å². The van der Waals surface area contributed by atoms with Gasteiger partial charge < -0.3 is 5.11 Å². The summed E-state index contributed by atoms with van der Waals surface area (Å²) in [5, 5.41) is 18.1. The Morgan fingerprint density at radius 2 is 1.60 bits per heavy atom. The molecule has 0 spiro atoms. The van der Waals surface area contributed by atoms with E-state index in [1.807, 2.05) is 31.2 Å². The zero-order valence-corrected chi connectivity index (χ0v) is 11.0. The highest BCUT2D eigenvalue weighted by Crippen LogP contribution is 2.18. The normalized spacial score (nSPS) is 10.9. The van der Waals surface area contributed by atoms with E-state index in [9.17, 15) is 10.1 Å². The van der Waals surface area contributed by atoms with Crippen LogP contribution in [0, 0.1) is 18.3 Å². The van der Waals surface area contributed by atoms with E-state index in [4.69, 9.17) is 5.11 Å². The van der Waals surface area contributed by atoms with Crippen LogP contribution in [0.1, 0.15) is 27.0 Å². The van der Waals surface area contributed by atoms with Crippen molar-refractivity contribution in [3.05, 3.63) is 70.8 Å². The number of rotatable bonds is 3. The molecule has 98 valence electrons. The van der Waals surface area contributed by atoms with Crippen LogP contribution in [0.25, 0.3) is 11.6 Å². The van der Waals surface area contributed by atoms with Gasteiger partial charge in [-0.25, -0.2) is 4.79 Å². The maximum absolute atomic E-state index is 10.8. The number of hydrogen-bond acceptors (Lipinski definition) is 2. The highest BCUT2D eigenvalue weighted by atomic mass is 16.4. The summed E-state index contributed by atoms with van der Waals surface area (Å²) in [6.07, 6.45) is 1.79. The molecule has 0 aliphatic carbocycles. The van der Waals surface area contributed by atoms with E-state index in [0.717, 1.165) is 11.1 Å². The molecule has 0 aromatic heterocycles. The van der Waals surface area contributed by atoms with Crippen LogP contribution in [-0.4, -0.2) is 11.1 Å². The highest BCUT2D eigenvalue weighted by Gasteiger charge is 2.05. The molecule has 0 atom stereocenters. The molecular formula is C17H13NO2. The molecule has 0 aliphatic heterocycles. The number of benzene rings is 2. The summed E-state index contributed by atoms with van der Waals surface area (Å²) in [5.41, 5.74) is 3.52. The molecule has 0 aliphatic rings. The van der Waals surface area contributed by atoms with Gasteiger partial charge in [0.15, 0.2) is 0 Å². The number of nitrogens with zero attached hydrogens (tertiary/aromatic N) is 1. The second-order valence-electron chi connectivity index (χ2n) is 4.46. The maximum atomic E-state index is 10.8. The van der Waals surface area contributed by atoms with Gasteiger partial charge in [-0.2, -0.15) is 5.26 Å². The molecule has 0 unspecified atom stereocenters. The predicted molar refractivity (Wildman–Crippen MR) is 78.1 cm³/mol. The molecule has 0 amide bonds. The lowest BCUT2D eigenvalue weighted by atomic mass is 10.0. The summed E-state index contributed by atoms with van der Waals surface area (Å²) in [6, 6.07) is 16.3. The zero-order chi connectivity index (χ0) is 14.5. The van der Waals surface area contributed by atoms with Gasteiger partial charge in [0.25, 0.3) is 0 Å². The molecule has 0 saturated carbocycles. The SMILES string of the molecule is Cc1ccc(/C=C(/C#N)c2ccc(C(=O)O)cc2)cc1. The summed E-state index contributed by atoms with van der Waals surface area (Å²) >= 11 is 0. The quantitative estimate of drug-likeness (QED) is 0.677. The van der Waals surface area contributed by atoms with Gasteiger partial charge in [0, 0.05) is 0 Å². The Kier molecular flexibility index (Phi) is 3.97. The van der Waals surface area contributed by atoms with Crippen LogP contribution in [0.15, 0.2) is 48.5 Å². The van der Waals surface area contributed by atoms with Gasteiger partial charge in [-0.15, -0.1) is 0 Å². The van der Waals surface area contributed by atoms with E-state index in [2.05, 4.69) is 6.07 Å². The van der Waals surface area contributed by atoms with Crippen LogP contribution in [0.4, 0.5) is 0 Å². The molecule has 0 heterocycles. The smallest absolute Gasteiger partial charge is 0.335 e. The minimum atomic E-state index is -0.974. The third-order valence-electron chi connectivity index (χ3n) is 2.95. The Balaban J connectivity index is 2.35. The van der Waals surface area contributed by atoms with E-state index in [1.165, 1.54) is 12.1 Å². The van der Waals surface area contributed by atoms with Crippen molar-refractivity contribution < 1.29 is 9.90 Å². The standard InChI is InChI=1S/C17H13NO2/c1-12-2-4-13(5-3-12)10-16(11-18)14-6-8-15(9-7-14)17(19)20/h2-10H,1H3,(H,19,20)/b16-10-. The topological polar surface area (TPSA) is 61.1 Å². The molecule has 3 heteroatoms. The first-order valence-electron chi connectivity index (χ1n) is 6.12. The number of nitriles is 1. The molecule has 0 radical (unpaired) electrons. The Hall–Kier alpha value is -2.86. The van der Waals surface area contributed by atoms with E-state index in [1.54, 1.807) is 18.2 Å². The molecule has 2 aromatic rings. The Bertz CT molecular complexity index is 689. The largest absolute Gasteiger partial charge is 0.478 e. The molecule has 20 heavy (non-hydrogen) atoms. The van der Waals surface area contributed by atoms with Crippen molar-refractivity contribution >= 4 is 17.6 Å². The van der Waals surface area contributed by atoms with Crippen molar-refractivity contribution in [2.75, 3.05) is 0 Å². The van der Waals surface area contributed by atoms with E-state index < -0.39 is 5.97 Å². The summed E-state index contributed by atoms with van der Waals surface area (Å²) in [7, 11) is 0. The van der Waals surface area contributed by atoms with Crippen molar-refractivity contribution in [1.82, 2.24) is 0 Å². The fourth-order valence-corrected chi connectivity index (χ4v) is 1.80. The average molecular weight is 263 g/mol. The zero-order valence-electron chi connectivity index (χ0n) is 11.0. The first-order valence-corrected chi connectivity index (χ1v) is 6.12. The molecule has 2 aromatic carbocycles. The highest BCUT2D eigenvalue weighted by molar-refractivity contribution is 5.92. The number of aryl methyl sites for hydroxylation is 1. The predicted octanol–water partition coefficient (Wildman–Crippen LogP) is 3.76. The fourth-order valence-electron chi connectivity index (χ4n) is 1.80.